The van der Waals surface area contributed by atoms with Gasteiger partial charge in [-0.15, -0.1) is 0 Å². The molecule has 1 aromatic heterocycles. The zero-order chi connectivity index (χ0) is 11.7. The number of nitrogens with zero attached hydrogens (tertiary/aromatic N) is 2. The summed E-state index contributed by atoms with van der Waals surface area (Å²) >= 11 is 0. The van der Waals surface area contributed by atoms with Crippen molar-refractivity contribution < 1.29 is 0 Å². The lowest BCUT2D eigenvalue weighted by Gasteiger charge is -2.07. The second-order valence-electron chi connectivity index (χ2n) is 4.75. The van der Waals surface area contributed by atoms with E-state index in [-0.39, 0.29) is 0 Å². The molecule has 0 bridgehead atoms. The highest BCUT2D eigenvalue weighted by atomic mass is 15.0. The second kappa shape index (κ2) is 4.24. The Hall–Kier alpha value is -1.77. The third-order valence-electron chi connectivity index (χ3n) is 3.46. The smallest absolute Gasteiger partial charge is 0.0946 e. The van der Waals surface area contributed by atoms with Crippen LogP contribution in [0.2, 0.25) is 0 Å². The number of aromatic nitrogens is 2. The van der Waals surface area contributed by atoms with Gasteiger partial charge in [0.15, 0.2) is 0 Å². The fraction of sp³-hybridized carbons (Fsp3) is 0.357. The third kappa shape index (κ3) is 2.05. The van der Waals surface area contributed by atoms with Crippen LogP contribution in [-0.4, -0.2) is 16.1 Å². The Balaban J connectivity index is 1.74. The van der Waals surface area contributed by atoms with Crippen molar-refractivity contribution in [1.29, 1.82) is 0 Å². The van der Waals surface area contributed by atoms with Crippen LogP contribution in [0.3, 0.4) is 0 Å². The van der Waals surface area contributed by atoms with Crippen molar-refractivity contribution in [3.8, 4) is 0 Å². The SMILES string of the molecule is C[C@@H]1CNc2ccc(CCn3ccnc3)cc21. The second-order valence-corrected chi connectivity index (χ2v) is 4.75. The van der Waals surface area contributed by atoms with Gasteiger partial charge in [0.25, 0.3) is 0 Å². The van der Waals surface area contributed by atoms with Crippen LogP contribution < -0.4 is 5.32 Å². The molecule has 3 rings (SSSR count). The molecular weight excluding hydrogens is 210 g/mol. The summed E-state index contributed by atoms with van der Waals surface area (Å²) in [5.41, 5.74) is 4.19. The van der Waals surface area contributed by atoms with Crippen molar-refractivity contribution in [2.45, 2.75) is 25.8 Å². The average Bonchev–Trinajstić information content (AvgIpc) is 2.97. The molecule has 3 heteroatoms. The largest absolute Gasteiger partial charge is 0.384 e. The highest BCUT2D eigenvalue weighted by molar-refractivity contribution is 5.58. The summed E-state index contributed by atoms with van der Waals surface area (Å²) in [6.07, 6.45) is 6.78. The van der Waals surface area contributed by atoms with E-state index in [2.05, 4.69) is 40.0 Å². The van der Waals surface area contributed by atoms with Gasteiger partial charge in [0.05, 0.1) is 6.33 Å². The molecule has 1 atom stereocenters. The average molecular weight is 227 g/mol. The van der Waals surface area contributed by atoms with E-state index in [1.807, 2.05) is 18.7 Å². The fourth-order valence-corrected chi connectivity index (χ4v) is 2.39. The number of benzene rings is 1. The number of aryl methyl sites for hydroxylation is 2. The van der Waals surface area contributed by atoms with E-state index in [9.17, 15) is 0 Å². The molecule has 1 aliphatic heterocycles. The Morgan fingerprint density at radius 1 is 1.47 bits per heavy atom. The minimum absolute atomic E-state index is 0.637. The number of fused-ring (bicyclic) bond motifs is 1. The zero-order valence-electron chi connectivity index (χ0n) is 10.1. The number of anilines is 1. The molecular formula is C14H17N3. The van der Waals surface area contributed by atoms with Crippen molar-refractivity contribution in [3.05, 3.63) is 48.0 Å². The zero-order valence-corrected chi connectivity index (χ0v) is 10.1. The van der Waals surface area contributed by atoms with E-state index in [1.54, 1.807) is 0 Å². The minimum Gasteiger partial charge on any atom is -0.384 e. The number of imidazole rings is 1. The van der Waals surface area contributed by atoms with Crippen LogP contribution in [0.4, 0.5) is 5.69 Å². The van der Waals surface area contributed by atoms with E-state index in [0.717, 1.165) is 19.5 Å². The molecule has 0 aliphatic carbocycles. The van der Waals surface area contributed by atoms with E-state index in [0.29, 0.717) is 5.92 Å². The normalized spacial score (nSPS) is 17.8. The fourth-order valence-electron chi connectivity index (χ4n) is 2.39. The highest BCUT2D eigenvalue weighted by Gasteiger charge is 2.17. The van der Waals surface area contributed by atoms with Gasteiger partial charge in [0.2, 0.25) is 0 Å². The van der Waals surface area contributed by atoms with Crippen molar-refractivity contribution in [2.75, 3.05) is 11.9 Å². The van der Waals surface area contributed by atoms with Gasteiger partial charge in [-0.05, 0) is 23.6 Å². The molecule has 0 unspecified atom stereocenters. The van der Waals surface area contributed by atoms with Crippen molar-refractivity contribution in [3.63, 3.8) is 0 Å². The summed E-state index contributed by atoms with van der Waals surface area (Å²) in [6, 6.07) is 6.78. The van der Waals surface area contributed by atoms with Crippen molar-refractivity contribution in [1.82, 2.24) is 9.55 Å². The monoisotopic (exact) mass is 227 g/mol. The molecule has 0 amide bonds. The Morgan fingerprint density at radius 2 is 2.41 bits per heavy atom. The van der Waals surface area contributed by atoms with Gasteiger partial charge in [-0.1, -0.05) is 19.1 Å². The van der Waals surface area contributed by atoms with Crippen LogP contribution in [-0.2, 0) is 13.0 Å². The predicted octanol–water partition coefficient (Wildman–Crippen LogP) is 2.65. The first-order chi connectivity index (χ1) is 8.33. The Kier molecular flexibility index (Phi) is 2.59. The molecule has 3 nitrogen and oxygen atoms in total. The lowest BCUT2D eigenvalue weighted by Crippen LogP contribution is -1.99. The Morgan fingerprint density at radius 3 is 3.24 bits per heavy atom. The summed E-state index contributed by atoms with van der Waals surface area (Å²) in [4.78, 5) is 4.06. The molecule has 0 spiro atoms. The summed E-state index contributed by atoms with van der Waals surface area (Å²) in [6.45, 7) is 4.35. The maximum atomic E-state index is 4.06. The number of rotatable bonds is 3. The van der Waals surface area contributed by atoms with Crippen LogP contribution >= 0.6 is 0 Å². The first-order valence-electron chi connectivity index (χ1n) is 6.15. The number of nitrogens with one attached hydrogen (secondary N) is 1. The highest BCUT2D eigenvalue weighted by Crippen LogP contribution is 2.31. The molecule has 88 valence electrons. The molecule has 0 saturated heterocycles. The van der Waals surface area contributed by atoms with Crippen LogP contribution in [0.15, 0.2) is 36.9 Å². The van der Waals surface area contributed by atoms with Gasteiger partial charge < -0.3 is 9.88 Å². The first kappa shape index (κ1) is 10.4. The number of hydrogen-bond donors (Lipinski definition) is 1. The Bertz CT molecular complexity index is 502. The maximum absolute atomic E-state index is 4.06. The topological polar surface area (TPSA) is 29.9 Å². The molecule has 2 heterocycles. The summed E-state index contributed by atoms with van der Waals surface area (Å²) < 4.78 is 2.12. The maximum Gasteiger partial charge on any atom is 0.0946 e. The van der Waals surface area contributed by atoms with E-state index in [1.165, 1.54) is 16.8 Å². The molecule has 0 radical (unpaired) electrons. The molecule has 0 saturated carbocycles. The molecule has 17 heavy (non-hydrogen) atoms. The third-order valence-corrected chi connectivity index (χ3v) is 3.46. The Labute approximate surface area is 101 Å². The van der Waals surface area contributed by atoms with Gasteiger partial charge >= 0.3 is 0 Å². The summed E-state index contributed by atoms with van der Waals surface area (Å²) in [5.74, 6) is 0.637. The standard InChI is InChI=1S/C14H17N3/c1-11-9-16-14-3-2-12(8-13(11)14)4-6-17-7-5-15-10-17/h2-3,5,7-8,10-11,16H,4,6,9H2,1H3/t11-/m1/s1. The van der Waals surface area contributed by atoms with Crippen LogP contribution in [0.1, 0.15) is 24.0 Å². The minimum atomic E-state index is 0.637. The summed E-state index contributed by atoms with van der Waals surface area (Å²) in [7, 11) is 0. The van der Waals surface area contributed by atoms with E-state index >= 15 is 0 Å². The van der Waals surface area contributed by atoms with Gasteiger partial charge in [-0.25, -0.2) is 4.98 Å². The van der Waals surface area contributed by atoms with Gasteiger partial charge in [-0.2, -0.15) is 0 Å². The van der Waals surface area contributed by atoms with Crippen molar-refractivity contribution >= 4 is 5.69 Å². The lowest BCUT2D eigenvalue weighted by atomic mass is 10.00. The molecule has 1 aromatic carbocycles. The number of hydrogen-bond acceptors (Lipinski definition) is 2. The van der Waals surface area contributed by atoms with E-state index < -0.39 is 0 Å². The molecule has 1 N–H and O–H groups in total. The van der Waals surface area contributed by atoms with Crippen LogP contribution in [0.5, 0.6) is 0 Å². The molecule has 0 fully saturated rings. The van der Waals surface area contributed by atoms with Crippen LogP contribution in [0, 0.1) is 0 Å². The van der Waals surface area contributed by atoms with Gasteiger partial charge in [-0.3, -0.25) is 0 Å². The first-order valence-corrected chi connectivity index (χ1v) is 6.15. The molecule has 2 aromatic rings. The van der Waals surface area contributed by atoms with Crippen molar-refractivity contribution in [2.24, 2.45) is 0 Å². The van der Waals surface area contributed by atoms with Gasteiger partial charge in [0.1, 0.15) is 0 Å². The summed E-state index contributed by atoms with van der Waals surface area (Å²) in [5, 5.41) is 3.43. The lowest BCUT2D eigenvalue weighted by molar-refractivity contribution is 0.695. The predicted molar refractivity (Wildman–Crippen MR) is 69.3 cm³/mol. The van der Waals surface area contributed by atoms with Gasteiger partial charge in [0, 0.05) is 37.1 Å². The van der Waals surface area contributed by atoms with E-state index in [4.69, 9.17) is 0 Å². The quantitative estimate of drug-likeness (QED) is 0.873. The van der Waals surface area contributed by atoms with Crippen LogP contribution in [0.25, 0.3) is 0 Å². The molecule has 1 aliphatic rings.